The predicted octanol–water partition coefficient (Wildman–Crippen LogP) is 2.21. The third-order valence-electron chi connectivity index (χ3n) is 5.56. The first-order valence-corrected chi connectivity index (χ1v) is 11.3. The van der Waals surface area contributed by atoms with E-state index in [0.29, 0.717) is 22.8 Å². The Balaban J connectivity index is 1.63. The molecule has 0 radical (unpaired) electrons. The summed E-state index contributed by atoms with van der Waals surface area (Å²) in [5.41, 5.74) is 13.2. The first-order valence-electron chi connectivity index (χ1n) is 10.5. The number of ether oxygens (including phenoxy) is 3. The van der Waals surface area contributed by atoms with Gasteiger partial charge in [-0.2, -0.15) is 4.99 Å². The normalized spacial score (nSPS) is 14.5. The quantitative estimate of drug-likeness (QED) is 0.402. The highest BCUT2D eigenvalue weighted by molar-refractivity contribution is 9.10. The maximum atomic E-state index is 12.2. The maximum Gasteiger partial charge on any atom is 0.280 e. The second kappa shape index (κ2) is 11.4. The molecule has 1 fully saturated rings. The molecule has 1 aliphatic rings. The van der Waals surface area contributed by atoms with E-state index in [-0.39, 0.29) is 5.96 Å². The van der Waals surface area contributed by atoms with Crippen LogP contribution in [0.15, 0.2) is 39.8 Å². The molecule has 178 valence electrons. The number of carbonyl (C=O) groups is 1. The molecule has 1 aliphatic heterocycles. The lowest BCUT2D eigenvalue weighted by atomic mass is 10.1. The van der Waals surface area contributed by atoms with E-state index in [0.717, 1.165) is 54.9 Å². The van der Waals surface area contributed by atoms with Crippen LogP contribution in [0.4, 0.5) is 0 Å². The smallest absolute Gasteiger partial charge is 0.280 e. The van der Waals surface area contributed by atoms with E-state index in [2.05, 4.69) is 30.7 Å². The molecule has 0 atom stereocenters. The van der Waals surface area contributed by atoms with Gasteiger partial charge in [-0.1, -0.05) is 22.0 Å². The summed E-state index contributed by atoms with van der Waals surface area (Å²) in [5.74, 6) is 1.26. The molecule has 3 rings (SSSR count). The molecule has 1 saturated heterocycles. The number of guanidine groups is 1. The fourth-order valence-corrected chi connectivity index (χ4v) is 4.26. The molecule has 2 aromatic carbocycles. The topological polar surface area (TPSA) is 116 Å². The van der Waals surface area contributed by atoms with Crippen molar-refractivity contribution in [1.29, 1.82) is 0 Å². The number of rotatable bonds is 8. The summed E-state index contributed by atoms with van der Waals surface area (Å²) in [6.45, 7) is 5.08. The van der Waals surface area contributed by atoms with Gasteiger partial charge in [0, 0.05) is 54.9 Å². The van der Waals surface area contributed by atoms with Crippen LogP contribution in [-0.2, 0) is 13.1 Å². The van der Waals surface area contributed by atoms with E-state index < -0.39 is 5.91 Å². The SMILES string of the molecule is COc1ccc(CN2CCN(Cc3cc(C(=O)N=C(N)N)ccc3Br)CC2)c(OC)c1OC. The number of benzene rings is 2. The van der Waals surface area contributed by atoms with Crippen LogP contribution in [0.1, 0.15) is 21.5 Å². The third-order valence-corrected chi connectivity index (χ3v) is 6.34. The molecule has 0 spiro atoms. The van der Waals surface area contributed by atoms with Gasteiger partial charge in [-0.05, 0) is 29.8 Å². The van der Waals surface area contributed by atoms with Gasteiger partial charge >= 0.3 is 0 Å². The van der Waals surface area contributed by atoms with Crippen molar-refractivity contribution in [1.82, 2.24) is 9.80 Å². The minimum Gasteiger partial charge on any atom is -0.493 e. The number of aliphatic imine (C=N–C) groups is 1. The molecule has 1 amide bonds. The molecule has 9 nitrogen and oxygen atoms in total. The molecule has 33 heavy (non-hydrogen) atoms. The Labute approximate surface area is 202 Å². The van der Waals surface area contributed by atoms with Crippen molar-refractivity contribution in [3.8, 4) is 17.2 Å². The molecule has 2 aromatic rings. The average molecular weight is 520 g/mol. The summed E-state index contributed by atoms with van der Waals surface area (Å²) < 4.78 is 17.4. The van der Waals surface area contributed by atoms with E-state index in [1.54, 1.807) is 27.4 Å². The predicted molar refractivity (Wildman–Crippen MR) is 131 cm³/mol. The van der Waals surface area contributed by atoms with Gasteiger partial charge in [0.25, 0.3) is 5.91 Å². The third kappa shape index (κ3) is 6.16. The van der Waals surface area contributed by atoms with Crippen molar-refractivity contribution in [3.05, 3.63) is 51.5 Å². The zero-order valence-corrected chi connectivity index (χ0v) is 20.7. The van der Waals surface area contributed by atoms with Crippen LogP contribution in [0.2, 0.25) is 0 Å². The lowest BCUT2D eigenvalue weighted by Crippen LogP contribution is -2.45. The Morgan fingerprint density at radius 1 is 0.909 bits per heavy atom. The second-order valence-electron chi connectivity index (χ2n) is 7.69. The average Bonchev–Trinajstić information content (AvgIpc) is 2.80. The van der Waals surface area contributed by atoms with E-state index in [1.165, 1.54) is 0 Å². The Bertz CT molecular complexity index is 1020. The number of hydrogen-bond donors (Lipinski definition) is 2. The van der Waals surface area contributed by atoms with Crippen LogP contribution < -0.4 is 25.7 Å². The van der Waals surface area contributed by atoms with Gasteiger partial charge in [-0.15, -0.1) is 0 Å². The summed E-state index contributed by atoms with van der Waals surface area (Å²) in [7, 11) is 4.87. The number of amides is 1. The standard InChI is InChI=1S/C23H30BrN5O4/c1-31-19-7-5-16(20(32-2)21(19)33-3)13-28-8-10-29(11-9-28)14-17-12-15(4-6-18(17)24)22(30)27-23(25)26/h4-7,12H,8-11,13-14H2,1-3H3,(H4,25,26,27,30). The van der Waals surface area contributed by atoms with Crippen LogP contribution in [0, 0.1) is 0 Å². The molecular formula is C23H30BrN5O4. The Morgan fingerprint density at radius 2 is 1.52 bits per heavy atom. The van der Waals surface area contributed by atoms with Crippen LogP contribution >= 0.6 is 15.9 Å². The summed E-state index contributed by atoms with van der Waals surface area (Å²) in [6.07, 6.45) is 0. The molecule has 4 N–H and O–H groups in total. The zero-order chi connectivity index (χ0) is 24.0. The molecule has 0 saturated carbocycles. The summed E-state index contributed by atoms with van der Waals surface area (Å²) in [4.78, 5) is 20.5. The first kappa shape index (κ1) is 24.8. The van der Waals surface area contributed by atoms with Gasteiger partial charge in [0.2, 0.25) is 5.75 Å². The molecule has 0 aromatic heterocycles. The first-order chi connectivity index (χ1) is 15.9. The summed E-state index contributed by atoms with van der Waals surface area (Å²) in [6, 6.07) is 9.31. The Kier molecular flexibility index (Phi) is 8.54. The van der Waals surface area contributed by atoms with Crippen molar-refractivity contribution in [2.75, 3.05) is 47.5 Å². The lowest BCUT2D eigenvalue weighted by Gasteiger charge is -2.35. The zero-order valence-electron chi connectivity index (χ0n) is 19.1. The van der Waals surface area contributed by atoms with E-state index in [4.69, 9.17) is 25.7 Å². The number of carbonyl (C=O) groups excluding carboxylic acids is 1. The monoisotopic (exact) mass is 519 g/mol. The minimum atomic E-state index is -0.447. The number of piperazine rings is 1. The van der Waals surface area contributed by atoms with Gasteiger partial charge in [0.1, 0.15) is 0 Å². The van der Waals surface area contributed by atoms with Crippen LogP contribution in [0.25, 0.3) is 0 Å². The van der Waals surface area contributed by atoms with Crippen molar-refractivity contribution >= 4 is 27.8 Å². The molecule has 0 unspecified atom stereocenters. The number of halogens is 1. The second-order valence-corrected chi connectivity index (χ2v) is 8.55. The van der Waals surface area contributed by atoms with Crippen LogP contribution in [0.3, 0.4) is 0 Å². The van der Waals surface area contributed by atoms with Gasteiger partial charge < -0.3 is 25.7 Å². The van der Waals surface area contributed by atoms with E-state index in [9.17, 15) is 4.79 Å². The maximum absolute atomic E-state index is 12.2. The number of hydrogen-bond acceptors (Lipinski definition) is 6. The van der Waals surface area contributed by atoms with Gasteiger partial charge in [-0.3, -0.25) is 14.6 Å². The molecular weight excluding hydrogens is 490 g/mol. The van der Waals surface area contributed by atoms with Crippen molar-refractivity contribution < 1.29 is 19.0 Å². The molecule has 0 bridgehead atoms. The minimum absolute atomic E-state index is 0.244. The van der Waals surface area contributed by atoms with Crippen molar-refractivity contribution in [2.24, 2.45) is 16.5 Å². The lowest BCUT2D eigenvalue weighted by molar-refractivity contribution is 0.100. The Morgan fingerprint density at radius 3 is 2.06 bits per heavy atom. The highest BCUT2D eigenvalue weighted by Crippen LogP contribution is 2.40. The number of nitrogens with two attached hydrogens (primary N) is 2. The van der Waals surface area contributed by atoms with Gasteiger partial charge in [0.05, 0.1) is 21.3 Å². The van der Waals surface area contributed by atoms with Crippen molar-refractivity contribution in [2.45, 2.75) is 13.1 Å². The molecule has 0 aliphatic carbocycles. The summed E-state index contributed by atoms with van der Waals surface area (Å²) in [5, 5.41) is 0. The van der Waals surface area contributed by atoms with Crippen LogP contribution in [-0.4, -0.2) is 69.2 Å². The fraction of sp³-hybridized carbons (Fsp3) is 0.391. The highest BCUT2D eigenvalue weighted by Gasteiger charge is 2.22. The molecule has 10 heteroatoms. The van der Waals surface area contributed by atoms with Crippen molar-refractivity contribution in [3.63, 3.8) is 0 Å². The van der Waals surface area contributed by atoms with Gasteiger partial charge in [-0.25, -0.2) is 0 Å². The largest absolute Gasteiger partial charge is 0.493 e. The van der Waals surface area contributed by atoms with Crippen LogP contribution in [0.5, 0.6) is 17.2 Å². The number of methoxy groups -OCH3 is 3. The number of nitrogens with zero attached hydrogens (tertiary/aromatic N) is 3. The summed E-state index contributed by atoms with van der Waals surface area (Å²) >= 11 is 3.58. The van der Waals surface area contributed by atoms with E-state index >= 15 is 0 Å². The Hall–Kier alpha value is -2.82. The molecule has 1 heterocycles. The van der Waals surface area contributed by atoms with E-state index in [1.807, 2.05) is 24.3 Å². The highest BCUT2D eigenvalue weighted by atomic mass is 79.9. The fourth-order valence-electron chi connectivity index (χ4n) is 3.89. The van der Waals surface area contributed by atoms with Gasteiger partial charge in [0.15, 0.2) is 17.5 Å².